The highest BCUT2D eigenvalue weighted by Crippen LogP contribution is 2.27. The van der Waals surface area contributed by atoms with Crippen LogP contribution in [0.1, 0.15) is 29.6 Å². The minimum absolute atomic E-state index is 0.380. The molecule has 4 nitrogen and oxygen atoms in total. The summed E-state index contributed by atoms with van der Waals surface area (Å²) in [5, 5.41) is 4.57. The maximum absolute atomic E-state index is 6.13. The fourth-order valence-electron chi connectivity index (χ4n) is 2.86. The molecule has 2 heterocycles. The maximum Gasteiger partial charge on any atom is 0.163 e. The van der Waals surface area contributed by atoms with E-state index in [1.165, 1.54) is 11.1 Å². The number of rotatable bonds is 3. The number of alkyl halides is 1. The van der Waals surface area contributed by atoms with Crippen LogP contribution in [0.25, 0.3) is 16.9 Å². The molecule has 0 radical (unpaired) electrons. The lowest BCUT2D eigenvalue weighted by molar-refractivity contribution is 0.744. The quantitative estimate of drug-likeness (QED) is 0.692. The molecule has 0 atom stereocenters. The molecule has 0 saturated carbocycles. The van der Waals surface area contributed by atoms with Crippen molar-refractivity contribution in [1.29, 1.82) is 0 Å². The van der Waals surface area contributed by atoms with Gasteiger partial charge in [0.1, 0.15) is 11.3 Å². The Kier molecular flexibility index (Phi) is 3.49. The molecule has 0 spiro atoms. The van der Waals surface area contributed by atoms with Gasteiger partial charge in [0.15, 0.2) is 5.65 Å². The van der Waals surface area contributed by atoms with Gasteiger partial charge < -0.3 is 0 Å². The summed E-state index contributed by atoms with van der Waals surface area (Å²) < 4.78 is 4.03. The van der Waals surface area contributed by atoms with E-state index in [-0.39, 0.29) is 0 Å². The van der Waals surface area contributed by atoms with Gasteiger partial charge >= 0.3 is 0 Å². The van der Waals surface area contributed by atoms with Gasteiger partial charge in [-0.3, -0.25) is 4.57 Å². The summed E-state index contributed by atoms with van der Waals surface area (Å²) in [5.74, 6) is 1.24. The average Bonchev–Trinajstić information content (AvgIpc) is 2.97. The Bertz CT molecular complexity index is 813. The Labute approximate surface area is 129 Å². The molecule has 3 aromatic rings. The number of imidazole rings is 1. The molecule has 0 unspecified atom stereocenters. The van der Waals surface area contributed by atoms with E-state index in [1.807, 2.05) is 11.7 Å². The van der Waals surface area contributed by atoms with Crippen LogP contribution in [-0.2, 0) is 19.3 Å². The number of hydrogen-bond donors (Lipinski definition) is 0. The van der Waals surface area contributed by atoms with Crippen molar-refractivity contribution in [3.63, 3.8) is 0 Å². The number of aromatic nitrogens is 4. The Morgan fingerprint density at radius 3 is 2.62 bits per heavy atom. The largest absolute Gasteiger partial charge is 0.280 e. The van der Waals surface area contributed by atoms with Gasteiger partial charge in [0.25, 0.3) is 0 Å². The van der Waals surface area contributed by atoms with E-state index < -0.39 is 0 Å². The molecule has 0 bridgehead atoms. The monoisotopic (exact) mass is 302 g/mol. The van der Waals surface area contributed by atoms with E-state index in [4.69, 9.17) is 16.6 Å². The Morgan fingerprint density at radius 2 is 2.00 bits per heavy atom. The Balaban J connectivity index is 2.37. The molecule has 21 heavy (non-hydrogen) atoms. The van der Waals surface area contributed by atoms with Gasteiger partial charge in [-0.05, 0) is 31.9 Å². The second kappa shape index (κ2) is 5.19. The van der Waals surface area contributed by atoms with E-state index in [1.54, 1.807) is 0 Å². The summed E-state index contributed by atoms with van der Waals surface area (Å²) in [4.78, 5) is 4.71. The zero-order valence-electron chi connectivity index (χ0n) is 12.8. The molecular formula is C16H19ClN4. The minimum atomic E-state index is 0.380. The van der Waals surface area contributed by atoms with Crippen molar-refractivity contribution in [2.75, 3.05) is 0 Å². The highest BCUT2D eigenvalue weighted by atomic mass is 35.5. The zero-order valence-corrected chi connectivity index (χ0v) is 13.6. The van der Waals surface area contributed by atoms with Gasteiger partial charge in [0.2, 0.25) is 0 Å². The summed E-state index contributed by atoms with van der Waals surface area (Å²) >= 11 is 6.13. The first-order chi connectivity index (χ1) is 10.1. The number of fused-ring (bicyclic) bond motifs is 1. The van der Waals surface area contributed by atoms with Gasteiger partial charge in [-0.25, -0.2) is 9.67 Å². The topological polar surface area (TPSA) is 35.6 Å². The fourth-order valence-corrected chi connectivity index (χ4v) is 3.04. The SMILES string of the molecule is CCc1nn(C)c2c1nc(CCl)n2-c1ccc(C)cc1C. The second-order valence-corrected chi connectivity index (χ2v) is 5.65. The van der Waals surface area contributed by atoms with Gasteiger partial charge in [-0.15, -0.1) is 11.6 Å². The molecule has 110 valence electrons. The maximum atomic E-state index is 6.13. The van der Waals surface area contributed by atoms with Crippen molar-refractivity contribution in [2.24, 2.45) is 7.05 Å². The molecule has 3 rings (SSSR count). The lowest BCUT2D eigenvalue weighted by Crippen LogP contribution is -2.06. The normalized spacial score (nSPS) is 11.5. The molecule has 5 heteroatoms. The number of hydrogen-bond acceptors (Lipinski definition) is 2. The first-order valence-corrected chi connectivity index (χ1v) is 7.67. The highest BCUT2D eigenvalue weighted by Gasteiger charge is 2.19. The summed E-state index contributed by atoms with van der Waals surface area (Å²) in [6.07, 6.45) is 0.864. The molecule has 1 aromatic carbocycles. The van der Waals surface area contributed by atoms with E-state index >= 15 is 0 Å². The van der Waals surface area contributed by atoms with Gasteiger partial charge in [0.05, 0.1) is 17.3 Å². The highest BCUT2D eigenvalue weighted by molar-refractivity contribution is 6.17. The third-order valence-corrected chi connectivity index (χ3v) is 4.06. The van der Waals surface area contributed by atoms with Crippen LogP contribution in [0.5, 0.6) is 0 Å². The number of aryl methyl sites for hydroxylation is 4. The summed E-state index contributed by atoms with van der Waals surface area (Å²) in [6, 6.07) is 6.42. The third-order valence-electron chi connectivity index (χ3n) is 3.82. The molecular weight excluding hydrogens is 284 g/mol. The van der Waals surface area contributed by atoms with E-state index in [9.17, 15) is 0 Å². The van der Waals surface area contributed by atoms with E-state index in [0.29, 0.717) is 5.88 Å². The predicted molar refractivity (Wildman–Crippen MR) is 86.2 cm³/mol. The summed E-state index contributed by atoms with van der Waals surface area (Å²) in [7, 11) is 1.96. The third kappa shape index (κ3) is 2.14. The van der Waals surface area contributed by atoms with Gasteiger partial charge in [-0.2, -0.15) is 5.10 Å². The molecule has 0 amide bonds. The van der Waals surface area contributed by atoms with Crippen LogP contribution in [0.4, 0.5) is 0 Å². The fraction of sp³-hybridized carbons (Fsp3) is 0.375. The van der Waals surface area contributed by atoms with Crippen molar-refractivity contribution in [3.05, 3.63) is 40.8 Å². The van der Waals surface area contributed by atoms with Gasteiger partial charge in [0, 0.05) is 7.05 Å². The summed E-state index contributed by atoms with van der Waals surface area (Å²) in [5.41, 5.74) is 6.55. The standard InChI is InChI=1S/C16H19ClN4/c1-5-12-15-16(20(4)19-12)21(14(9-17)18-15)13-7-6-10(2)8-11(13)3/h6-8H,5,9H2,1-4H3. The average molecular weight is 303 g/mol. The minimum Gasteiger partial charge on any atom is -0.280 e. The molecule has 2 aromatic heterocycles. The van der Waals surface area contributed by atoms with Crippen molar-refractivity contribution >= 4 is 22.8 Å². The van der Waals surface area contributed by atoms with Crippen molar-refractivity contribution in [2.45, 2.75) is 33.1 Å². The molecule has 0 saturated heterocycles. The van der Waals surface area contributed by atoms with Crippen LogP contribution in [-0.4, -0.2) is 19.3 Å². The Morgan fingerprint density at radius 1 is 1.24 bits per heavy atom. The van der Waals surface area contributed by atoms with Crippen molar-refractivity contribution < 1.29 is 0 Å². The second-order valence-electron chi connectivity index (χ2n) is 5.38. The zero-order chi connectivity index (χ0) is 15.1. The smallest absolute Gasteiger partial charge is 0.163 e. The first-order valence-electron chi connectivity index (χ1n) is 7.13. The Hall–Kier alpha value is -1.81. The van der Waals surface area contributed by atoms with Crippen LogP contribution >= 0.6 is 11.6 Å². The lowest BCUT2D eigenvalue weighted by atomic mass is 10.1. The molecule has 0 aliphatic heterocycles. The van der Waals surface area contributed by atoms with Crippen LogP contribution in [0.3, 0.4) is 0 Å². The number of halogens is 1. The molecule has 0 aliphatic rings. The van der Waals surface area contributed by atoms with E-state index in [2.05, 4.69) is 48.6 Å². The lowest BCUT2D eigenvalue weighted by Gasteiger charge is -2.12. The van der Waals surface area contributed by atoms with Gasteiger partial charge in [-0.1, -0.05) is 24.6 Å². The van der Waals surface area contributed by atoms with Crippen molar-refractivity contribution in [3.8, 4) is 5.69 Å². The molecule has 0 N–H and O–H groups in total. The van der Waals surface area contributed by atoms with E-state index in [0.717, 1.165) is 34.8 Å². The molecule has 0 fully saturated rings. The predicted octanol–water partition coefficient (Wildman–Crippen LogP) is 3.68. The summed E-state index contributed by atoms with van der Waals surface area (Å²) in [6.45, 7) is 6.31. The number of nitrogens with zero attached hydrogens (tertiary/aromatic N) is 4. The van der Waals surface area contributed by atoms with Crippen LogP contribution in [0.2, 0.25) is 0 Å². The number of benzene rings is 1. The van der Waals surface area contributed by atoms with Crippen molar-refractivity contribution in [1.82, 2.24) is 19.3 Å². The van der Waals surface area contributed by atoms with Crippen LogP contribution in [0, 0.1) is 13.8 Å². The van der Waals surface area contributed by atoms with Crippen LogP contribution < -0.4 is 0 Å². The molecule has 0 aliphatic carbocycles. The first kappa shape index (κ1) is 14.1. The van der Waals surface area contributed by atoms with Crippen LogP contribution in [0.15, 0.2) is 18.2 Å².